The summed E-state index contributed by atoms with van der Waals surface area (Å²) < 4.78 is 3.07. The maximum absolute atomic E-state index is 11.8. The molecule has 2 rings (SSSR count). The number of terminal acetylenes is 1. The highest BCUT2D eigenvalue weighted by Crippen LogP contribution is 2.23. The van der Waals surface area contributed by atoms with E-state index in [4.69, 9.17) is 6.42 Å². The van der Waals surface area contributed by atoms with E-state index in [1.807, 2.05) is 11.5 Å². The standard InChI is InChI=1S/C17H20N2OS/c1-5-7-16(20)18-17-19(10-6-2)14-9-8-13(12(3)4)11-15(14)21-17/h2,8-9,11-12H,5,7,10H2,1,3-4H3. The first-order valence-electron chi connectivity index (χ1n) is 7.21. The van der Waals surface area contributed by atoms with Gasteiger partial charge in [-0.3, -0.25) is 4.79 Å². The lowest BCUT2D eigenvalue weighted by Crippen LogP contribution is -2.16. The Hall–Kier alpha value is -1.86. The molecule has 0 aliphatic heterocycles. The molecule has 0 saturated heterocycles. The second-order valence-electron chi connectivity index (χ2n) is 5.31. The smallest absolute Gasteiger partial charge is 0.248 e. The fourth-order valence-electron chi connectivity index (χ4n) is 2.15. The van der Waals surface area contributed by atoms with Crippen molar-refractivity contribution in [2.24, 2.45) is 4.99 Å². The van der Waals surface area contributed by atoms with Gasteiger partial charge in [-0.15, -0.1) is 6.42 Å². The van der Waals surface area contributed by atoms with Gasteiger partial charge in [-0.25, -0.2) is 0 Å². The van der Waals surface area contributed by atoms with Crippen LogP contribution in [0.4, 0.5) is 0 Å². The summed E-state index contributed by atoms with van der Waals surface area (Å²) in [6, 6.07) is 6.35. The molecule has 1 aromatic heterocycles. The number of carbonyl (C=O) groups is 1. The fourth-order valence-corrected chi connectivity index (χ4v) is 3.25. The van der Waals surface area contributed by atoms with Gasteiger partial charge in [-0.05, 0) is 30.0 Å². The Labute approximate surface area is 129 Å². The normalized spacial score (nSPS) is 12.0. The van der Waals surface area contributed by atoms with Crippen molar-refractivity contribution < 1.29 is 4.79 Å². The van der Waals surface area contributed by atoms with Crippen molar-refractivity contribution in [3.05, 3.63) is 28.6 Å². The molecule has 0 saturated carbocycles. The Morgan fingerprint density at radius 3 is 2.86 bits per heavy atom. The van der Waals surface area contributed by atoms with Gasteiger partial charge in [0, 0.05) is 6.42 Å². The Balaban J connectivity index is 2.62. The van der Waals surface area contributed by atoms with E-state index in [0.29, 0.717) is 23.7 Å². The van der Waals surface area contributed by atoms with Crippen LogP contribution in [0.2, 0.25) is 0 Å². The molecule has 0 aliphatic rings. The van der Waals surface area contributed by atoms with E-state index in [-0.39, 0.29) is 5.91 Å². The maximum Gasteiger partial charge on any atom is 0.248 e. The van der Waals surface area contributed by atoms with Crippen LogP contribution in [0, 0.1) is 12.3 Å². The van der Waals surface area contributed by atoms with Crippen LogP contribution in [0.15, 0.2) is 23.2 Å². The lowest BCUT2D eigenvalue weighted by Gasteiger charge is -2.05. The molecule has 0 aliphatic carbocycles. The molecule has 0 radical (unpaired) electrons. The zero-order chi connectivity index (χ0) is 15.4. The van der Waals surface area contributed by atoms with Gasteiger partial charge in [0.05, 0.1) is 16.8 Å². The molecule has 21 heavy (non-hydrogen) atoms. The lowest BCUT2D eigenvalue weighted by molar-refractivity contribution is -0.118. The third-order valence-corrected chi connectivity index (χ3v) is 4.35. The van der Waals surface area contributed by atoms with E-state index < -0.39 is 0 Å². The first-order valence-corrected chi connectivity index (χ1v) is 8.02. The number of thiazole rings is 1. The number of hydrogen-bond acceptors (Lipinski definition) is 2. The van der Waals surface area contributed by atoms with Gasteiger partial charge in [-0.2, -0.15) is 4.99 Å². The van der Waals surface area contributed by atoms with Crippen molar-refractivity contribution in [2.45, 2.75) is 46.1 Å². The zero-order valence-corrected chi connectivity index (χ0v) is 13.5. The monoisotopic (exact) mass is 300 g/mol. The molecule has 3 nitrogen and oxygen atoms in total. The summed E-state index contributed by atoms with van der Waals surface area (Å²) in [6.45, 7) is 6.74. The minimum Gasteiger partial charge on any atom is -0.305 e. The van der Waals surface area contributed by atoms with Crippen molar-refractivity contribution in [1.82, 2.24) is 4.57 Å². The lowest BCUT2D eigenvalue weighted by atomic mass is 10.0. The van der Waals surface area contributed by atoms with Gasteiger partial charge in [0.15, 0.2) is 4.80 Å². The van der Waals surface area contributed by atoms with Crippen molar-refractivity contribution in [3.63, 3.8) is 0 Å². The molecule has 0 bridgehead atoms. The van der Waals surface area contributed by atoms with Gasteiger partial charge >= 0.3 is 0 Å². The van der Waals surface area contributed by atoms with Crippen molar-refractivity contribution >= 4 is 27.5 Å². The van der Waals surface area contributed by atoms with Crippen molar-refractivity contribution in [1.29, 1.82) is 0 Å². The summed E-state index contributed by atoms with van der Waals surface area (Å²) in [5, 5.41) is 0. The summed E-state index contributed by atoms with van der Waals surface area (Å²) in [6.07, 6.45) is 6.73. The number of aromatic nitrogens is 1. The topological polar surface area (TPSA) is 34.4 Å². The number of benzene rings is 1. The largest absolute Gasteiger partial charge is 0.305 e. The van der Waals surface area contributed by atoms with Crippen molar-refractivity contribution in [3.8, 4) is 12.3 Å². The Morgan fingerprint density at radius 1 is 1.48 bits per heavy atom. The van der Waals surface area contributed by atoms with Gasteiger partial charge < -0.3 is 4.57 Å². The third-order valence-electron chi connectivity index (χ3n) is 3.31. The molecule has 0 fully saturated rings. The highest BCUT2D eigenvalue weighted by atomic mass is 32.1. The zero-order valence-electron chi connectivity index (χ0n) is 12.7. The first-order chi connectivity index (χ1) is 10.1. The molecule has 0 atom stereocenters. The Kier molecular flexibility index (Phi) is 4.98. The molecule has 0 unspecified atom stereocenters. The quantitative estimate of drug-likeness (QED) is 0.793. The van der Waals surface area contributed by atoms with E-state index in [0.717, 1.165) is 16.6 Å². The highest BCUT2D eigenvalue weighted by molar-refractivity contribution is 7.16. The predicted octanol–water partition coefficient (Wildman–Crippen LogP) is 3.69. The van der Waals surface area contributed by atoms with E-state index in [1.165, 1.54) is 16.9 Å². The van der Waals surface area contributed by atoms with Gasteiger partial charge in [0.25, 0.3) is 0 Å². The number of fused-ring (bicyclic) bond motifs is 1. The molecular formula is C17H20N2OS. The molecule has 0 spiro atoms. The molecule has 2 aromatic rings. The molecule has 1 aromatic carbocycles. The van der Waals surface area contributed by atoms with Gasteiger partial charge in [-0.1, -0.05) is 44.1 Å². The van der Waals surface area contributed by atoms with E-state index in [9.17, 15) is 4.79 Å². The molecule has 0 N–H and O–H groups in total. The predicted molar refractivity (Wildman–Crippen MR) is 88.2 cm³/mol. The number of rotatable bonds is 4. The molecular weight excluding hydrogens is 280 g/mol. The van der Waals surface area contributed by atoms with Crippen LogP contribution in [-0.2, 0) is 11.3 Å². The Bertz CT molecular complexity index is 759. The SMILES string of the molecule is C#CCn1c(=NC(=O)CCC)sc2cc(C(C)C)ccc21. The second kappa shape index (κ2) is 6.73. The molecule has 1 heterocycles. The number of hydrogen-bond donors (Lipinski definition) is 0. The van der Waals surface area contributed by atoms with Crippen LogP contribution in [0.3, 0.4) is 0 Å². The highest BCUT2D eigenvalue weighted by Gasteiger charge is 2.09. The summed E-state index contributed by atoms with van der Waals surface area (Å²) in [7, 11) is 0. The molecule has 1 amide bonds. The van der Waals surface area contributed by atoms with Gasteiger partial charge in [0.1, 0.15) is 0 Å². The van der Waals surface area contributed by atoms with Crippen LogP contribution in [0.1, 0.15) is 45.1 Å². The van der Waals surface area contributed by atoms with Crippen molar-refractivity contribution in [2.75, 3.05) is 0 Å². The fraction of sp³-hybridized carbons (Fsp3) is 0.412. The Morgan fingerprint density at radius 2 is 2.24 bits per heavy atom. The minimum atomic E-state index is -0.0843. The van der Waals surface area contributed by atoms with Crippen LogP contribution in [-0.4, -0.2) is 10.5 Å². The average Bonchev–Trinajstić information content (AvgIpc) is 2.76. The van der Waals surface area contributed by atoms with E-state index in [1.54, 1.807) is 0 Å². The minimum absolute atomic E-state index is 0.0843. The van der Waals surface area contributed by atoms with Gasteiger partial charge in [0.2, 0.25) is 5.91 Å². The third kappa shape index (κ3) is 3.43. The number of carbonyl (C=O) groups excluding carboxylic acids is 1. The maximum atomic E-state index is 11.8. The van der Waals surface area contributed by atoms with Crippen LogP contribution >= 0.6 is 11.3 Å². The van der Waals surface area contributed by atoms with Crippen LogP contribution in [0.5, 0.6) is 0 Å². The number of nitrogens with zero attached hydrogens (tertiary/aromatic N) is 2. The van der Waals surface area contributed by atoms with E-state index >= 15 is 0 Å². The summed E-state index contributed by atoms with van der Waals surface area (Å²) in [5.41, 5.74) is 2.33. The second-order valence-corrected chi connectivity index (χ2v) is 6.32. The summed E-state index contributed by atoms with van der Waals surface area (Å²) in [5.74, 6) is 3.03. The molecule has 110 valence electrons. The summed E-state index contributed by atoms with van der Waals surface area (Å²) in [4.78, 5) is 16.7. The summed E-state index contributed by atoms with van der Waals surface area (Å²) >= 11 is 1.53. The number of amides is 1. The van der Waals surface area contributed by atoms with Crippen LogP contribution < -0.4 is 4.80 Å². The van der Waals surface area contributed by atoms with Crippen LogP contribution in [0.25, 0.3) is 10.2 Å². The average molecular weight is 300 g/mol. The first kappa shape index (κ1) is 15.5. The van der Waals surface area contributed by atoms with E-state index in [2.05, 4.69) is 43.0 Å². The molecule has 4 heteroatoms.